The maximum Gasteiger partial charge on any atom is 0.0590 e. The van der Waals surface area contributed by atoms with Crippen LogP contribution in [0.2, 0.25) is 0 Å². The van der Waals surface area contributed by atoms with Gasteiger partial charge in [0.2, 0.25) is 0 Å². The molecule has 0 aromatic carbocycles. The lowest BCUT2D eigenvalue weighted by molar-refractivity contribution is 0.108. The smallest absolute Gasteiger partial charge is 0.0590 e. The summed E-state index contributed by atoms with van der Waals surface area (Å²) in [6.45, 7) is 11.8. The van der Waals surface area contributed by atoms with Crippen molar-refractivity contribution in [3.8, 4) is 0 Å². The molecule has 0 aromatic rings. The van der Waals surface area contributed by atoms with Crippen LogP contribution in [0, 0.1) is 0 Å². The number of hydrogen-bond donors (Lipinski definition) is 0. The lowest BCUT2D eigenvalue weighted by atomic mass is 10.2. The molecule has 12 heavy (non-hydrogen) atoms. The highest BCUT2D eigenvalue weighted by molar-refractivity contribution is 14.1. The Labute approximate surface area is 89.4 Å². The van der Waals surface area contributed by atoms with E-state index in [0.717, 1.165) is 6.04 Å². The van der Waals surface area contributed by atoms with E-state index < -0.39 is 0 Å². The summed E-state index contributed by atoms with van der Waals surface area (Å²) in [5.74, 6) is 0. The van der Waals surface area contributed by atoms with Crippen LogP contribution in [-0.4, -0.2) is 46.1 Å². The van der Waals surface area contributed by atoms with Crippen LogP contribution in [0.1, 0.15) is 20.8 Å². The number of halogens is 1. The molecule has 0 aliphatic carbocycles. The van der Waals surface area contributed by atoms with E-state index in [1.807, 2.05) is 0 Å². The molecule has 1 fully saturated rings. The molecular weight excluding hydrogens is 263 g/mol. The Bertz CT molecular complexity index is 112. The van der Waals surface area contributed by atoms with Gasteiger partial charge in [-0.25, -0.2) is 0 Å². The zero-order chi connectivity index (χ0) is 9.14. The zero-order valence-electron chi connectivity index (χ0n) is 8.26. The van der Waals surface area contributed by atoms with Gasteiger partial charge in [0.05, 0.1) is 4.05 Å². The molecule has 2 nitrogen and oxygen atoms in total. The van der Waals surface area contributed by atoms with Crippen LogP contribution in [-0.2, 0) is 0 Å². The summed E-state index contributed by atoms with van der Waals surface area (Å²) in [6.07, 6.45) is 0. The third-order valence-corrected chi connectivity index (χ3v) is 3.37. The first-order valence-electron chi connectivity index (χ1n) is 4.73. The van der Waals surface area contributed by atoms with Gasteiger partial charge in [0.25, 0.3) is 0 Å². The lowest BCUT2D eigenvalue weighted by Crippen LogP contribution is -2.50. The van der Waals surface area contributed by atoms with Crippen molar-refractivity contribution in [3.63, 3.8) is 0 Å². The normalized spacial score (nSPS) is 24.8. The van der Waals surface area contributed by atoms with Crippen LogP contribution in [0.3, 0.4) is 0 Å². The lowest BCUT2D eigenvalue weighted by Gasteiger charge is -2.38. The second-order valence-electron chi connectivity index (χ2n) is 3.74. The zero-order valence-corrected chi connectivity index (χ0v) is 10.4. The van der Waals surface area contributed by atoms with Gasteiger partial charge in [-0.05, 0) is 20.8 Å². The molecule has 0 saturated carbocycles. The van der Waals surface area contributed by atoms with Crippen LogP contribution in [0.15, 0.2) is 0 Å². The summed E-state index contributed by atoms with van der Waals surface area (Å²) < 4.78 is 0.692. The summed E-state index contributed by atoms with van der Waals surface area (Å²) >= 11 is 2.49. The van der Waals surface area contributed by atoms with Crippen LogP contribution in [0.4, 0.5) is 0 Å². The highest BCUT2D eigenvalue weighted by Crippen LogP contribution is 2.12. The minimum absolute atomic E-state index is 0.692. The van der Waals surface area contributed by atoms with E-state index in [0.29, 0.717) is 4.05 Å². The fraction of sp³-hybridized carbons (Fsp3) is 1.00. The number of piperazine rings is 1. The molecule has 1 unspecified atom stereocenters. The standard InChI is InChI=1S/C9H19IN2/c1-8(2)11-4-6-12(7-5-11)9(3)10/h8-9H,4-7H2,1-3H3. The van der Waals surface area contributed by atoms with Crippen LogP contribution in [0.25, 0.3) is 0 Å². The minimum Gasteiger partial charge on any atom is -0.298 e. The van der Waals surface area contributed by atoms with Crippen molar-refractivity contribution in [1.29, 1.82) is 0 Å². The van der Waals surface area contributed by atoms with Crippen molar-refractivity contribution in [2.24, 2.45) is 0 Å². The molecule has 0 spiro atoms. The molecule has 0 amide bonds. The molecule has 0 bridgehead atoms. The molecular formula is C9H19IN2. The van der Waals surface area contributed by atoms with Gasteiger partial charge in [0, 0.05) is 32.2 Å². The predicted molar refractivity (Wildman–Crippen MR) is 61.8 cm³/mol. The highest BCUT2D eigenvalue weighted by atomic mass is 127. The Morgan fingerprint density at radius 3 is 1.67 bits per heavy atom. The van der Waals surface area contributed by atoms with Crippen LogP contribution >= 0.6 is 22.6 Å². The van der Waals surface area contributed by atoms with Gasteiger partial charge in [-0.1, -0.05) is 22.6 Å². The summed E-state index contributed by atoms with van der Waals surface area (Å²) in [5.41, 5.74) is 0. The summed E-state index contributed by atoms with van der Waals surface area (Å²) in [6, 6.07) is 0.719. The first-order chi connectivity index (χ1) is 5.61. The third kappa shape index (κ3) is 2.85. The van der Waals surface area contributed by atoms with E-state index in [1.165, 1.54) is 26.2 Å². The van der Waals surface area contributed by atoms with Gasteiger partial charge in [0.15, 0.2) is 0 Å². The monoisotopic (exact) mass is 282 g/mol. The molecule has 1 saturated heterocycles. The second-order valence-corrected chi connectivity index (χ2v) is 5.54. The first-order valence-corrected chi connectivity index (χ1v) is 5.98. The Kier molecular flexibility index (Phi) is 4.26. The van der Waals surface area contributed by atoms with Crippen LogP contribution < -0.4 is 0 Å². The minimum atomic E-state index is 0.692. The average molecular weight is 282 g/mol. The van der Waals surface area contributed by atoms with E-state index in [1.54, 1.807) is 0 Å². The van der Waals surface area contributed by atoms with Crippen molar-refractivity contribution in [2.75, 3.05) is 26.2 Å². The van der Waals surface area contributed by atoms with Gasteiger partial charge in [-0.15, -0.1) is 0 Å². The third-order valence-electron chi connectivity index (χ3n) is 2.58. The molecule has 1 atom stereocenters. The second kappa shape index (κ2) is 4.77. The fourth-order valence-corrected chi connectivity index (χ4v) is 2.17. The maximum absolute atomic E-state index is 2.55. The molecule has 1 heterocycles. The van der Waals surface area contributed by atoms with Crippen LogP contribution in [0.5, 0.6) is 0 Å². The molecule has 0 radical (unpaired) electrons. The molecule has 72 valence electrons. The van der Waals surface area contributed by atoms with Gasteiger partial charge < -0.3 is 0 Å². The number of rotatable bonds is 2. The Balaban J connectivity index is 2.30. The molecule has 1 rings (SSSR count). The topological polar surface area (TPSA) is 6.48 Å². The summed E-state index contributed by atoms with van der Waals surface area (Å²) in [5, 5.41) is 0. The Morgan fingerprint density at radius 2 is 1.33 bits per heavy atom. The number of nitrogens with zero attached hydrogens (tertiary/aromatic N) is 2. The SMILES string of the molecule is CC(C)N1CCN(C(C)I)CC1. The largest absolute Gasteiger partial charge is 0.298 e. The summed E-state index contributed by atoms with van der Waals surface area (Å²) in [7, 11) is 0. The molecule has 1 aliphatic heterocycles. The van der Waals surface area contributed by atoms with Crippen molar-refractivity contribution in [2.45, 2.75) is 30.9 Å². The first kappa shape index (κ1) is 10.7. The Hall–Kier alpha value is 0.650. The van der Waals surface area contributed by atoms with Crippen molar-refractivity contribution >= 4 is 22.6 Å². The molecule has 0 N–H and O–H groups in total. The van der Waals surface area contributed by atoms with Gasteiger partial charge in [-0.3, -0.25) is 9.80 Å². The number of hydrogen-bond acceptors (Lipinski definition) is 2. The Morgan fingerprint density at radius 1 is 0.917 bits per heavy atom. The highest BCUT2D eigenvalue weighted by Gasteiger charge is 2.20. The average Bonchev–Trinajstić information content (AvgIpc) is 2.04. The molecule has 0 aromatic heterocycles. The van der Waals surface area contributed by atoms with E-state index in [9.17, 15) is 0 Å². The van der Waals surface area contributed by atoms with E-state index in [4.69, 9.17) is 0 Å². The van der Waals surface area contributed by atoms with Crippen molar-refractivity contribution in [1.82, 2.24) is 9.80 Å². The molecule has 1 aliphatic rings. The number of alkyl halides is 1. The van der Waals surface area contributed by atoms with E-state index in [-0.39, 0.29) is 0 Å². The predicted octanol–water partition coefficient (Wildman–Crippen LogP) is 1.79. The summed E-state index contributed by atoms with van der Waals surface area (Å²) in [4.78, 5) is 5.09. The fourth-order valence-electron chi connectivity index (χ4n) is 1.61. The quantitative estimate of drug-likeness (QED) is 0.433. The van der Waals surface area contributed by atoms with Gasteiger partial charge >= 0.3 is 0 Å². The van der Waals surface area contributed by atoms with Gasteiger partial charge in [-0.2, -0.15) is 0 Å². The molecule has 3 heteroatoms. The van der Waals surface area contributed by atoms with Crippen molar-refractivity contribution in [3.05, 3.63) is 0 Å². The van der Waals surface area contributed by atoms with Crippen molar-refractivity contribution < 1.29 is 0 Å². The maximum atomic E-state index is 2.55. The van der Waals surface area contributed by atoms with E-state index in [2.05, 4.69) is 53.2 Å². The van der Waals surface area contributed by atoms with Gasteiger partial charge in [0.1, 0.15) is 0 Å². The van der Waals surface area contributed by atoms with E-state index >= 15 is 0 Å².